The van der Waals surface area contributed by atoms with Crippen molar-refractivity contribution in [2.75, 3.05) is 18.0 Å². The number of sulfonamides is 1. The molecule has 26 heavy (non-hydrogen) atoms. The van der Waals surface area contributed by atoms with E-state index in [1.807, 2.05) is 0 Å². The van der Waals surface area contributed by atoms with Gasteiger partial charge < -0.3 is 4.74 Å². The van der Waals surface area contributed by atoms with Crippen LogP contribution in [-0.2, 0) is 20.9 Å². The molecule has 1 aromatic carbocycles. The van der Waals surface area contributed by atoms with Crippen molar-refractivity contribution in [3.63, 3.8) is 0 Å². The maximum atomic E-state index is 13.2. The number of anilines is 1. The summed E-state index contributed by atoms with van der Waals surface area (Å²) in [6, 6.07) is 4.60. The Balaban J connectivity index is 1.74. The lowest BCUT2D eigenvalue weighted by atomic mass is 9.86. The van der Waals surface area contributed by atoms with Gasteiger partial charge in [-0.2, -0.15) is 18.4 Å². The highest BCUT2D eigenvalue weighted by Gasteiger charge is 2.63. The fourth-order valence-corrected chi connectivity index (χ4v) is 7.59. The molecule has 0 radical (unpaired) electrons. The van der Waals surface area contributed by atoms with E-state index in [1.165, 1.54) is 12.1 Å². The first-order chi connectivity index (χ1) is 12.2. The molecule has 3 fully saturated rings. The van der Waals surface area contributed by atoms with Gasteiger partial charge >= 0.3 is 6.18 Å². The molecular formula is C17H17F3N2O3S. The van der Waals surface area contributed by atoms with Gasteiger partial charge in [0.2, 0.25) is 10.0 Å². The predicted octanol–water partition coefficient (Wildman–Crippen LogP) is 2.77. The zero-order valence-corrected chi connectivity index (χ0v) is 14.7. The number of fused-ring (bicyclic) bond motifs is 5. The smallest absolute Gasteiger partial charge is 0.381 e. The number of nitriles is 1. The molecule has 0 unspecified atom stereocenters. The van der Waals surface area contributed by atoms with Gasteiger partial charge in [-0.3, -0.25) is 4.31 Å². The summed E-state index contributed by atoms with van der Waals surface area (Å²) >= 11 is 0. The molecule has 1 aromatic rings. The van der Waals surface area contributed by atoms with E-state index in [1.54, 1.807) is 7.11 Å². The highest BCUT2D eigenvalue weighted by molar-refractivity contribution is 7.93. The van der Waals surface area contributed by atoms with Crippen LogP contribution in [0.4, 0.5) is 18.9 Å². The van der Waals surface area contributed by atoms with E-state index in [-0.39, 0.29) is 36.1 Å². The van der Waals surface area contributed by atoms with Crippen LogP contribution in [0.5, 0.6) is 0 Å². The number of alkyl halides is 3. The third kappa shape index (κ3) is 2.35. The summed E-state index contributed by atoms with van der Waals surface area (Å²) in [5.41, 5.74) is -1.65. The Labute approximate surface area is 149 Å². The number of rotatable bonds is 2. The molecule has 5 nitrogen and oxygen atoms in total. The van der Waals surface area contributed by atoms with E-state index in [0.717, 1.165) is 29.3 Å². The van der Waals surface area contributed by atoms with Crippen LogP contribution in [0.15, 0.2) is 18.2 Å². The summed E-state index contributed by atoms with van der Waals surface area (Å²) < 4.78 is 72.3. The Kier molecular flexibility index (Phi) is 3.80. The first kappa shape index (κ1) is 17.6. The van der Waals surface area contributed by atoms with Gasteiger partial charge in [0, 0.05) is 19.6 Å². The third-order valence-corrected chi connectivity index (χ3v) is 8.45. The van der Waals surface area contributed by atoms with Gasteiger partial charge in [-0.05, 0) is 42.9 Å². The van der Waals surface area contributed by atoms with Gasteiger partial charge in [0.05, 0.1) is 34.2 Å². The van der Waals surface area contributed by atoms with Gasteiger partial charge in [-0.1, -0.05) is 0 Å². The lowest BCUT2D eigenvalue weighted by molar-refractivity contribution is -0.137. The minimum Gasteiger partial charge on any atom is -0.381 e. The lowest BCUT2D eigenvalue weighted by Gasteiger charge is -2.28. The van der Waals surface area contributed by atoms with Crippen molar-refractivity contribution in [1.29, 1.82) is 5.26 Å². The van der Waals surface area contributed by atoms with Crippen molar-refractivity contribution in [3.8, 4) is 6.07 Å². The number of ether oxygens (including phenoxy) is 1. The number of hydrogen-bond donors (Lipinski definition) is 0. The Morgan fingerprint density at radius 3 is 2.62 bits per heavy atom. The maximum absolute atomic E-state index is 13.2. The third-order valence-electron chi connectivity index (χ3n) is 6.08. The molecular weight excluding hydrogens is 369 g/mol. The standard InChI is InChI=1S/C17H17F3N2O3S/c1-25-15-5-10-4-12(15)16-13(10)8-22(26(16,23)24)11-3-2-9(7-21)14(6-11)17(18,19)20/h2-3,6,10,12-13,15-16H,4-5,8H2,1H3/t10-,12-,13-,15-,16+/m0/s1. The molecule has 2 aliphatic carbocycles. The number of halogens is 3. The number of benzene rings is 1. The quantitative estimate of drug-likeness (QED) is 0.784. The second kappa shape index (κ2) is 5.60. The molecule has 0 amide bonds. The van der Waals surface area contributed by atoms with Crippen LogP contribution in [0, 0.1) is 29.1 Å². The van der Waals surface area contributed by atoms with Crippen LogP contribution >= 0.6 is 0 Å². The SMILES string of the molecule is CO[C@H]1C[C@@H]2C[C@@H]1[C@@H]1[C@H]2CN(c2ccc(C#N)c(C(F)(F)F)c2)S1(=O)=O. The van der Waals surface area contributed by atoms with Crippen LogP contribution in [0.3, 0.4) is 0 Å². The zero-order chi connectivity index (χ0) is 18.9. The van der Waals surface area contributed by atoms with E-state index >= 15 is 0 Å². The Morgan fingerprint density at radius 1 is 1.27 bits per heavy atom. The number of methoxy groups -OCH3 is 1. The van der Waals surface area contributed by atoms with Crippen molar-refractivity contribution in [3.05, 3.63) is 29.3 Å². The monoisotopic (exact) mass is 386 g/mol. The van der Waals surface area contributed by atoms with Gasteiger partial charge in [0.1, 0.15) is 0 Å². The average molecular weight is 386 g/mol. The largest absolute Gasteiger partial charge is 0.417 e. The van der Waals surface area contributed by atoms with Crippen LogP contribution in [0.25, 0.3) is 0 Å². The molecule has 1 heterocycles. The molecule has 0 spiro atoms. The highest BCUT2D eigenvalue weighted by atomic mass is 32.2. The number of hydrogen-bond acceptors (Lipinski definition) is 4. The highest BCUT2D eigenvalue weighted by Crippen LogP contribution is 2.56. The maximum Gasteiger partial charge on any atom is 0.417 e. The summed E-state index contributed by atoms with van der Waals surface area (Å²) in [5, 5.41) is 8.31. The molecule has 140 valence electrons. The predicted molar refractivity (Wildman–Crippen MR) is 86.7 cm³/mol. The minimum absolute atomic E-state index is 0.0286. The summed E-state index contributed by atoms with van der Waals surface area (Å²) in [5.74, 6) is 0.0297. The summed E-state index contributed by atoms with van der Waals surface area (Å²) in [6.45, 7) is 0.188. The fraction of sp³-hybridized carbons (Fsp3) is 0.588. The molecule has 1 saturated heterocycles. The second-order valence-electron chi connectivity index (χ2n) is 7.21. The lowest BCUT2D eigenvalue weighted by Crippen LogP contribution is -2.39. The van der Waals surface area contributed by atoms with Gasteiger partial charge in [-0.15, -0.1) is 0 Å². The van der Waals surface area contributed by atoms with Crippen LogP contribution < -0.4 is 4.31 Å². The van der Waals surface area contributed by atoms with Crippen molar-refractivity contribution >= 4 is 15.7 Å². The second-order valence-corrected chi connectivity index (χ2v) is 9.23. The van der Waals surface area contributed by atoms with E-state index in [0.29, 0.717) is 0 Å². The van der Waals surface area contributed by atoms with E-state index in [9.17, 15) is 21.6 Å². The van der Waals surface area contributed by atoms with Gasteiger partial charge in [0.15, 0.2) is 0 Å². The molecule has 0 aromatic heterocycles. The van der Waals surface area contributed by atoms with Crippen molar-refractivity contribution in [1.82, 2.24) is 0 Å². The Morgan fingerprint density at radius 2 is 2.00 bits per heavy atom. The molecule has 5 atom stereocenters. The number of nitrogens with zero attached hydrogens (tertiary/aromatic N) is 2. The average Bonchev–Trinajstić information content (AvgIpc) is 3.23. The summed E-state index contributed by atoms with van der Waals surface area (Å²) in [6.07, 6.45) is -3.24. The molecule has 4 rings (SSSR count). The van der Waals surface area contributed by atoms with E-state index < -0.39 is 32.6 Å². The molecule has 1 aliphatic heterocycles. The molecule has 2 saturated carbocycles. The van der Waals surface area contributed by atoms with E-state index in [4.69, 9.17) is 10.00 Å². The topological polar surface area (TPSA) is 70.4 Å². The minimum atomic E-state index is -4.72. The first-order valence-electron chi connectivity index (χ1n) is 8.34. The normalized spacial score (nSPS) is 34.7. The summed E-state index contributed by atoms with van der Waals surface area (Å²) in [4.78, 5) is 0. The van der Waals surface area contributed by atoms with Gasteiger partial charge in [0.25, 0.3) is 0 Å². The van der Waals surface area contributed by atoms with Crippen LogP contribution in [0.1, 0.15) is 24.0 Å². The molecule has 0 N–H and O–H groups in total. The van der Waals surface area contributed by atoms with Crippen molar-refractivity contribution in [2.24, 2.45) is 17.8 Å². The molecule has 9 heteroatoms. The van der Waals surface area contributed by atoms with Gasteiger partial charge in [-0.25, -0.2) is 8.42 Å². The molecule has 2 bridgehead atoms. The van der Waals surface area contributed by atoms with E-state index in [2.05, 4.69) is 0 Å². The van der Waals surface area contributed by atoms with Crippen molar-refractivity contribution < 1.29 is 26.3 Å². The zero-order valence-electron chi connectivity index (χ0n) is 13.9. The van der Waals surface area contributed by atoms with Crippen molar-refractivity contribution in [2.45, 2.75) is 30.4 Å². The fourth-order valence-electron chi connectivity index (χ4n) is 5.03. The molecule has 3 aliphatic rings. The van der Waals surface area contributed by atoms with Crippen LogP contribution in [-0.4, -0.2) is 33.4 Å². The van der Waals surface area contributed by atoms with Crippen LogP contribution in [0.2, 0.25) is 0 Å². The summed E-state index contributed by atoms with van der Waals surface area (Å²) in [7, 11) is -2.20. The first-order valence-corrected chi connectivity index (χ1v) is 9.84. The Bertz CT molecular complexity index is 893. The Hall–Kier alpha value is -1.79.